The summed E-state index contributed by atoms with van der Waals surface area (Å²) in [4.78, 5) is 2.44. The van der Waals surface area contributed by atoms with Crippen LogP contribution >= 0.6 is 15.9 Å². The molecule has 1 aromatic rings. The van der Waals surface area contributed by atoms with Gasteiger partial charge in [0.25, 0.3) is 0 Å². The first-order chi connectivity index (χ1) is 9.63. The number of halogens is 1. The molecule has 0 unspecified atom stereocenters. The minimum Gasteiger partial charge on any atom is -0.493 e. The van der Waals surface area contributed by atoms with Gasteiger partial charge in [0.15, 0.2) is 0 Å². The highest BCUT2D eigenvalue weighted by atomic mass is 79.9. The molecule has 1 fully saturated rings. The topological polar surface area (TPSA) is 62.3 Å². The van der Waals surface area contributed by atoms with Gasteiger partial charge in [-0.2, -0.15) is 0 Å². The normalized spacial score (nSPS) is 17.1. The first-order valence-electron chi connectivity index (χ1n) is 7.14. The van der Waals surface area contributed by atoms with Crippen LogP contribution in [0.3, 0.4) is 0 Å². The van der Waals surface area contributed by atoms with Crippen molar-refractivity contribution >= 4 is 21.8 Å². The molecule has 20 heavy (non-hydrogen) atoms. The Morgan fingerprint density at radius 3 is 2.95 bits per heavy atom. The number of hydrogen-bond donors (Lipinski definition) is 2. The smallest absolute Gasteiger partial charge is 0.127 e. The maximum Gasteiger partial charge on any atom is 0.127 e. The second-order valence-electron chi connectivity index (χ2n) is 5.63. The van der Waals surface area contributed by atoms with Gasteiger partial charge in [-0.25, -0.2) is 0 Å². The number of ether oxygens (including phenoxy) is 1. The number of rotatable bonds is 6. The zero-order valence-electron chi connectivity index (χ0n) is 11.5. The predicted octanol–water partition coefficient (Wildman–Crippen LogP) is 2.67. The van der Waals surface area contributed by atoms with Crippen LogP contribution in [0, 0.1) is 5.41 Å². The van der Waals surface area contributed by atoms with Gasteiger partial charge in [-0.3, -0.25) is 10.3 Å². The molecule has 1 aromatic carbocycles. The van der Waals surface area contributed by atoms with Crippen molar-refractivity contribution in [2.24, 2.45) is 5.73 Å². The third-order valence-electron chi connectivity index (χ3n) is 3.93. The summed E-state index contributed by atoms with van der Waals surface area (Å²) in [5.74, 6) is 1.34. The van der Waals surface area contributed by atoms with E-state index in [2.05, 4.69) is 33.0 Å². The molecule has 0 atom stereocenters. The fourth-order valence-electron chi connectivity index (χ4n) is 2.78. The van der Waals surface area contributed by atoms with Gasteiger partial charge in [0.2, 0.25) is 0 Å². The van der Waals surface area contributed by atoms with Crippen LogP contribution in [0.2, 0.25) is 0 Å². The Bertz CT molecular complexity index is 528. The lowest BCUT2D eigenvalue weighted by molar-refractivity contribution is 0.256. The number of fused-ring (bicyclic) bond motifs is 1. The third-order valence-corrected chi connectivity index (χ3v) is 4.39. The van der Waals surface area contributed by atoms with Crippen molar-refractivity contribution < 1.29 is 4.74 Å². The zero-order chi connectivity index (χ0) is 14.1. The van der Waals surface area contributed by atoms with Gasteiger partial charge in [-0.1, -0.05) is 15.9 Å². The fourth-order valence-corrected chi connectivity index (χ4v) is 3.33. The average Bonchev–Trinajstić information content (AvgIpc) is 3.12. The number of hydrogen-bond acceptors (Lipinski definition) is 3. The Balaban J connectivity index is 1.76. The Hall–Kier alpha value is -1.07. The van der Waals surface area contributed by atoms with Crippen LogP contribution in [0.25, 0.3) is 0 Å². The molecule has 5 heteroatoms. The number of nitrogens with two attached hydrogens (primary N) is 1. The zero-order valence-corrected chi connectivity index (χ0v) is 13.1. The predicted molar refractivity (Wildman–Crippen MR) is 83.3 cm³/mol. The average molecular weight is 338 g/mol. The summed E-state index contributed by atoms with van der Waals surface area (Å²) in [5, 5.41) is 7.40. The monoisotopic (exact) mass is 337 g/mol. The fraction of sp³-hybridized carbons (Fsp3) is 0.533. The molecule has 0 bridgehead atoms. The molecule has 3 N–H and O–H groups in total. The summed E-state index contributed by atoms with van der Waals surface area (Å²) in [5.41, 5.74) is 8.05. The van der Waals surface area contributed by atoms with E-state index in [4.69, 9.17) is 15.9 Å². The van der Waals surface area contributed by atoms with Crippen LogP contribution in [0.4, 0.5) is 0 Å². The number of nitrogens with zero attached hydrogens (tertiary/aromatic N) is 1. The summed E-state index contributed by atoms with van der Waals surface area (Å²) in [6.07, 6.45) is 4.16. The molecule has 0 saturated heterocycles. The number of benzene rings is 1. The van der Waals surface area contributed by atoms with Crippen molar-refractivity contribution in [2.45, 2.75) is 38.3 Å². The van der Waals surface area contributed by atoms with E-state index >= 15 is 0 Å². The van der Waals surface area contributed by atoms with Crippen molar-refractivity contribution in [1.29, 1.82) is 5.41 Å². The lowest BCUT2D eigenvalue weighted by atomic mass is 10.1. The molecular weight excluding hydrogens is 318 g/mol. The van der Waals surface area contributed by atoms with Gasteiger partial charge in [0, 0.05) is 42.0 Å². The molecule has 0 aromatic heterocycles. The second kappa shape index (κ2) is 5.74. The van der Waals surface area contributed by atoms with E-state index in [1.807, 2.05) is 0 Å². The van der Waals surface area contributed by atoms with Crippen molar-refractivity contribution in [3.63, 3.8) is 0 Å². The minimum absolute atomic E-state index is 0.270. The van der Waals surface area contributed by atoms with Gasteiger partial charge in [0.1, 0.15) is 5.75 Å². The molecule has 2 aliphatic rings. The highest BCUT2D eigenvalue weighted by molar-refractivity contribution is 9.10. The van der Waals surface area contributed by atoms with E-state index in [1.165, 1.54) is 24.0 Å². The Morgan fingerprint density at radius 1 is 1.45 bits per heavy atom. The lowest BCUT2D eigenvalue weighted by Gasteiger charge is -2.23. The summed E-state index contributed by atoms with van der Waals surface area (Å²) >= 11 is 3.59. The summed E-state index contributed by atoms with van der Waals surface area (Å²) in [6.45, 7) is 2.54. The van der Waals surface area contributed by atoms with Gasteiger partial charge < -0.3 is 10.5 Å². The molecule has 3 rings (SSSR count). The van der Waals surface area contributed by atoms with Crippen molar-refractivity contribution in [3.05, 3.63) is 27.7 Å². The Labute approximate surface area is 127 Å². The van der Waals surface area contributed by atoms with Crippen LogP contribution in [-0.2, 0) is 13.0 Å². The second-order valence-corrected chi connectivity index (χ2v) is 6.54. The molecule has 1 aliphatic heterocycles. The molecule has 0 radical (unpaired) electrons. The maximum atomic E-state index is 7.40. The molecule has 0 spiro atoms. The van der Waals surface area contributed by atoms with E-state index in [0.29, 0.717) is 12.5 Å². The third kappa shape index (κ3) is 3.15. The van der Waals surface area contributed by atoms with E-state index < -0.39 is 0 Å². The highest BCUT2D eigenvalue weighted by Crippen LogP contribution is 2.36. The molecule has 1 heterocycles. The standard InChI is InChI=1S/C15H20BrN3O/c16-12-7-10-4-6-20-15(10)11(8-12)9-19(13-1-2-13)5-3-14(17)18/h7-8,13H,1-6,9H2,(H3,17,18). The van der Waals surface area contributed by atoms with Crippen molar-refractivity contribution in [2.75, 3.05) is 13.2 Å². The van der Waals surface area contributed by atoms with Crippen molar-refractivity contribution in [3.8, 4) is 5.75 Å². The summed E-state index contributed by atoms with van der Waals surface area (Å²) in [7, 11) is 0. The van der Waals surface area contributed by atoms with Gasteiger partial charge in [0.05, 0.1) is 12.4 Å². The van der Waals surface area contributed by atoms with Gasteiger partial charge >= 0.3 is 0 Å². The highest BCUT2D eigenvalue weighted by Gasteiger charge is 2.30. The van der Waals surface area contributed by atoms with Crippen LogP contribution in [0.15, 0.2) is 16.6 Å². The summed E-state index contributed by atoms with van der Waals surface area (Å²) < 4.78 is 6.92. The number of nitrogens with one attached hydrogen (secondary N) is 1. The van der Waals surface area contributed by atoms with E-state index in [9.17, 15) is 0 Å². The maximum absolute atomic E-state index is 7.40. The molecule has 108 valence electrons. The largest absolute Gasteiger partial charge is 0.493 e. The van der Waals surface area contributed by atoms with E-state index in [1.54, 1.807) is 0 Å². The first-order valence-corrected chi connectivity index (χ1v) is 7.94. The Kier molecular flexibility index (Phi) is 3.98. The van der Waals surface area contributed by atoms with E-state index in [0.717, 1.165) is 36.3 Å². The van der Waals surface area contributed by atoms with Crippen LogP contribution < -0.4 is 10.5 Å². The van der Waals surface area contributed by atoms with Gasteiger partial charge in [-0.05, 0) is 30.5 Å². The molecular formula is C15H20BrN3O. The van der Waals surface area contributed by atoms with Crippen LogP contribution in [0.1, 0.15) is 30.4 Å². The molecule has 0 amide bonds. The van der Waals surface area contributed by atoms with E-state index in [-0.39, 0.29) is 5.84 Å². The number of amidine groups is 1. The lowest BCUT2D eigenvalue weighted by Crippen LogP contribution is -2.29. The molecule has 4 nitrogen and oxygen atoms in total. The van der Waals surface area contributed by atoms with Crippen LogP contribution in [-0.4, -0.2) is 29.9 Å². The SMILES string of the molecule is N=C(N)CCN(Cc1cc(Br)cc2c1OCC2)C1CC1. The van der Waals surface area contributed by atoms with Crippen LogP contribution in [0.5, 0.6) is 5.75 Å². The quantitative estimate of drug-likeness (QED) is 0.619. The van der Waals surface area contributed by atoms with Gasteiger partial charge in [-0.15, -0.1) is 0 Å². The molecule has 1 saturated carbocycles. The minimum atomic E-state index is 0.270. The van der Waals surface area contributed by atoms with Crippen molar-refractivity contribution in [1.82, 2.24) is 4.90 Å². The Morgan fingerprint density at radius 2 is 2.25 bits per heavy atom. The summed E-state index contributed by atoms with van der Waals surface area (Å²) in [6, 6.07) is 4.97. The molecule has 1 aliphatic carbocycles. The first kappa shape index (κ1) is 13.9.